The van der Waals surface area contributed by atoms with Crippen LogP contribution in [0.2, 0.25) is 5.02 Å². The number of hydrogen-bond donors (Lipinski definition) is 3. The fraction of sp³-hybridized carbons (Fsp3) is 0.370. The van der Waals surface area contributed by atoms with E-state index in [1.54, 1.807) is 11.4 Å². The lowest BCUT2D eigenvalue weighted by molar-refractivity contribution is -0.175. The summed E-state index contributed by atoms with van der Waals surface area (Å²) in [4.78, 5) is 50.7. The van der Waals surface area contributed by atoms with Gasteiger partial charge in [0, 0.05) is 10.6 Å². The van der Waals surface area contributed by atoms with E-state index in [1.165, 1.54) is 57.4 Å². The molecule has 3 unspecified atom stereocenters. The first-order valence-corrected chi connectivity index (χ1v) is 12.6. The molecule has 42 heavy (non-hydrogen) atoms. The van der Waals surface area contributed by atoms with Gasteiger partial charge < -0.3 is 20.7 Å². The van der Waals surface area contributed by atoms with Crippen molar-refractivity contribution in [1.29, 1.82) is 5.26 Å². The molecule has 0 saturated heterocycles. The number of carbonyl (C=O) groups is 4. The number of halogens is 6. The number of nitrogens with one attached hydrogen (secondary N) is 3. The molecule has 0 aliphatic carbocycles. The molecular formula is C27H26ClF5N4O5. The fourth-order valence-corrected chi connectivity index (χ4v) is 3.84. The van der Waals surface area contributed by atoms with Crippen LogP contribution < -0.4 is 20.7 Å². The number of nitriles is 1. The van der Waals surface area contributed by atoms with Gasteiger partial charge in [0.05, 0.1) is 25.6 Å². The lowest BCUT2D eigenvalue weighted by atomic mass is 9.97. The normalized spacial score (nSPS) is 13.7. The molecule has 0 aromatic heterocycles. The van der Waals surface area contributed by atoms with Gasteiger partial charge in [0.2, 0.25) is 11.8 Å². The van der Waals surface area contributed by atoms with Crippen molar-refractivity contribution in [2.24, 2.45) is 5.92 Å². The topological polar surface area (TPSA) is 137 Å². The Morgan fingerprint density at radius 1 is 0.952 bits per heavy atom. The Morgan fingerprint density at radius 3 is 2.07 bits per heavy atom. The molecule has 0 aliphatic heterocycles. The Labute approximate surface area is 242 Å². The summed E-state index contributed by atoms with van der Waals surface area (Å²) in [6, 6.07) is 5.34. The van der Waals surface area contributed by atoms with E-state index < -0.39 is 71.6 Å². The zero-order valence-electron chi connectivity index (χ0n) is 22.4. The van der Waals surface area contributed by atoms with E-state index in [9.17, 15) is 41.1 Å². The smallest absolute Gasteiger partial charge is 0.452 e. The minimum Gasteiger partial charge on any atom is -0.497 e. The largest absolute Gasteiger partial charge is 0.497 e. The number of hydrogen-bond acceptors (Lipinski definition) is 6. The Balaban J connectivity index is 2.39. The highest BCUT2D eigenvalue weighted by atomic mass is 35.5. The van der Waals surface area contributed by atoms with Crippen molar-refractivity contribution in [3.05, 3.63) is 64.7 Å². The molecule has 226 valence electrons. The number of alkyl halides is 5. The van der Waals surface area contributed by atoms with Crippen molar-refractivity contribution in [3.63, 3.8) is 0 Å². The van der Waals surface area contributed by atoms with Crippen LogP contribution >= 0.6 is 11.6 Å². The highest BCUT2D eigenvalue weighted by Crippen LogP contribution is 2.30. The van der Waals surface area contributed by atoms with Crippen molar-refractivity contribution in [1.82, 2.24) is 16.0 Å². The SMILES string of the molecule is COc1ccc(C(NC(=O)C(CC#N)NC(=O)C(F)(F)c2cccc(Cl)c2)C(=O)NC(C(=O)C(F)(F)F)C(C)C)cc1. The number of methoxy groups -OCH3 is 1. The van der Waals surface area contributed by atoms with Gasteiger partial charge in [-0.3, -0.25) is 19.2 Å². The van der Waals surface area contributed by atoms with Gasteiger partial charge in [-0.1, -0.05) is 49.7 Å². The van der Waals surface area contributed by atoms with Gasteiger partial charge in [0.1, 0.15) is 17.8 Å². The van der Waals surface area contributed by atoms with Gasteiger partial charge in [-0.15, -0.1) is 0 Å². The predicted molar refractivity (Wildman–Crippen MR) is 139 cm³/mol. The summed E-state index contributed by atoms with van der Waals surface area (Å²) in [7, 11) is 1.34. The van der Waals surface area contributed by atoms with Crippen molar-refractivity contribution in [2.75, 3.05) is 7.11 Å². The van der Waals surface area contributed by atoms with Crippen molar-refractivity contribution >= 4 is 35.1 Å². The second-order valence-corrected chi connectivity index (χ2v) is 9.72. The lowest BCUT2D eigenvalue weighted by Crippen LogP contribution is -2.55. The van der Waals surface area contributed by atoms with Gasteiger partial charge in [0.15, 0.2) is 0 Å². The third-order valence-corrected chi connectivity index (χ3v) is 6.15. The van der Waals surface area contributed by atoms with Crippen LogP contribution in [0.15, 0.2) is 48.5 Å². The average Bonchev–Trinajstić information content (AvgIpc) is 2.93. The van der Waals surface area contributed by atoms with Crippen LogP contribution in [0.4, 0.5) is 22.0 Å². The van der Waals surface area contributed by atoms with E-state index in [0.717, 1.165) is 12.1 Å². The van der Waals surface area contributed by atoms with Crippen LogP contribution in [-0.2, 0) is 25.1 Å². The van der Waals surface area contributed by atoms with Crippen LogP contribution in [0.3, 0.4) is 0 Å². The van der Waals surface area contributed by atoms with E-state index >= 15 is 0 Å². The second kappa shape index (κ2) is 14.1. The Morgan fingerprint density at radius 2 is 1.57 bits per heavy atom. The molecule has 2 rings (SSSR count). The minimum atomic E-state index is -5.28. The highest BCUT2D eigenvalue weighted by Gasteiger charge is 2.46. The Bertz CT molecular complexity index is 1350. The van der Waals surface area contributed by atoms with Crippen LogP contribution in [0, 0.1) is 17.2 Å². The Hall–Kier alpha value is -4.25. The molecule has 3 atom stereocenters. The quantitative estimate of drug-likeness (QED) is 0.309. The molecule has 9 nitrogen and oxygen atoms in total. The van der Waals surface area contributed by atoms with Gasteiger partial charge in [0.25, 0.3) is 11.7 Å². The number of Topliss-reactive ketones (excluding diaryl/α,β-unsaturated/α-hetero) is 1. The molecule has 0 radical (unpaired) electrons. The number of nitrogens with zero attached hydrogens (tertiary/aromatic N) is 1. The van der Waals surface area contributed by atoms with E-state index in [1.807, 2.05) is 5.32 Å². The third-order valence-electron chi connectivity index (χ3n) is 5.91. The predicted octanol–water partition coefficient (Wildman–Crippen LogP) is 3.97. The first kappa shape index (κ1) is 34.0. The molecule has 0 saturated carbocycles. The number of ketones is 1. The molecule has 0 aliphatic rings. The summed E-state index contributed by atoms with van der Waals surface area (Å²) in [6.45, 7) is 2.52. The zero-order chi connectivity index (χ0) is 31.8. The highest BCUT2D eigenvalue weighted by molar-refractivity contribution is 6.30. The lowest BCUT2D eigenvalue weighted by Gasteiger charge is -2.27. The standard InChI is InChI=1S/C27H26ClF5N4O5/c1-14(2)20(22(38)27(31,32)33)36-24(40)21(15-7-9-18(42-3)10-8-15)37-23(39)19(11-12-34)35-25(41)26(29,30)16-5-4-6-17(28)13-16/h4-10,13-14,19-21H,11H2,1-3H3,(H,35,41)(H,36,40)(H,37,39). The van der Waals surface area contributed by atoms with Crippen molar-refractivity contribution in [2.45, 2.75) is 50.5 Å². The molecule has 0 bridgehead atoms. The van der Waals surface area contributed by atoms with E-state index in [4.69, 9.17) is 21.6 Å². The van der Waals surface area contributed by atoms with Crippen LogP contribution in [0.25, 0.3) is 0 Å². The van der Waals surface area contributed by atoms with Crippen molar-refractivity contribution in [3.8, 4) is 11.8 Å². The average molecular weight is 617 g/mol. The molecular weight excluding hydrogens is 591 g/mol. The van der Waals surface area contributed by atoms with Crippen molar-refractivity contribution < 1.29 is 45.9 Å². The zero-order valence-corrected chi connectivity index (χ0v) is 23.1. The Kier molecular flexibility index (Phi) is 11.4. The summed E-state index contributed by atoms with van der Waals surface area (Å²) in [5.41, 5.74) is -0.803. The molecule has 2 aromatic rings. The van der Waals surface area contributed by atoms with Gasteiger partial charge in [-0.05, 0) is 35.7 Å². The molecule has 0 heterocycles. The first-order chi connectivity index (χ1) is 19.5. The number of carbonyl (C=O) groups excluding carboxylic acids is 4. The van der Waals surface area contributed by atoms with Crippen LogP contribution in [0.5, 0.6) is 5.75 Å². The minimum absolute atomic E-state index is 0.00472. The molecule has 0 spiro atoms. The number of ether oxygens (including phenoxy) is 1. The summed E-state index contributed by atoms with van der Waals surface area (Å²) in [5, 5.41) is 15.0. The fourth-order valence-electron chi connectivity index (χ4n) is 3.65. The van der Waals surface area contributed by atoms with E-state index in [2.05, 4.69) is 5.32 Å². The summed E-state index contributed by atoms with van der Waals surface area (Å²) < 4.78 is 74.1. The van der Waals surface area contributed by atoms with Gasteiger partial charge >= 0.3 is 12.1 Å². The summed E-state index contributed by atoms with van der Waals surface area (Å²) in [5.74, 6) is -11.6. The summed E-state index contributed by atoms with van der Waals surface area (Å²) >= 11 is 5.72. The molecule has 3 N–H and O–H groups in total. The maximum atomic E-state index is 14.8. The van der Waals surface area contributed by atoms with Gasteiger partial charge in [-0.25, -0.2) is 0 Å². The molecule has 3 amide bonds. The number of benzene rings is 2. The number of rotatable bonds is 12. The van der Waals surface area contributed by atoms with E-state index in [0.29, 0.717) is 5.75 Å². The van der Waals surface area contributed by atoms with Crippen LogP contribution in [-0.4, -0.2) is 48.9 Å². The molecule has 2 aromatic carbocycles. The first-order valence-electron chi connectivity index (χ1n) is 12.2. The maximum absolute atomic E-state index is 14.8. The second-order valence-electron chi connectivity index (χ2n) is 9.28. The maximum Gasteiger partial charge on any atom is 0.452 e. The third kappa shape index (κ3) is 8.62. The van der Waals surface area contributed by atoms with E-state index in [-0.39, 0.29) is 10.6 Å². The monoisotopic (exact) mass is 616 g/mol. The molecule has 15 heteroatoms. The molecule has 0 fully saturated rings. The number of amides is 3. The van der Waals surface area contributed by atoms with Crippen LogP contribution in [0.1, 0.15) is 37.4 Å². The van der Waals surface area contributed by atoms with Gasteiger partial charge in [-0.2, -0.15) is 27.2 Å². The summed E-state index contributed by atoms with van der Waals surface area (Å²) in [6.07, 6.45) is -6.10.